The molecule has 1 spiro atoms. The fraction of sp³-hybridized carbons (Fsp3) is 0.391. The Morgan fingerprint density at radius 2 is 1.69 bits per heavy atom. The van der Waals surface area contributed by atoms with Crippen LogP contribution in [-0.2, 0) is 5.41 Å². The first-order valence-electron chi connectivity index (χ1n) is 9.97. The average Bonchev–Trinajstić information content (AvgIpc) is 2.68. The van der Waals surface area contributed by atoms with Gasteiger partial charge in [-0.25, -0.2) is 0 Å². The van der Waals surface area contributed by atoms with Crippen molar-refractivity contribution in [3.8, 4) is 0 Å². The van der Waals surface area contributed by atoms with Crippen LogP contribution in [0.15, 0.2) is 42.5 Å². The zero-order valence-electron chi connectivity index (χ0n) is 17.0. The van der Waals surface area contributed by atoms with Crippen molar-refractivity contribution in [3.05, 3.63) is 64.2 Å². The molecule has 5 nitrogen and oxygen atoms in total. The van der Waals surface area contributed by atoms with E-state index in [4.69, 9.17) is 11.6 Å². The predicted octanol–water partition coefficient (Wildman–Crippen LogP) is 4.43. The van der Waals surface area contributed by atoms with Crippen molar-refractivity contribution in [2.75, 3.05) is 18.4 Å². The second-order valence-electron chi connectivity index (χ2n) is 8.97. The molecule has 2 heterocycles. The third kappa shape index (κ3) is 3.84. The van der Waals surface area contributed by atoms with E-state index < -0.39 is 5.66 Å². The van der Waals surface area contributed by atoms with Crippen LogP contribution in [0, 0.1) is 0 Å². The quantitative estimate of drug-likeness (QED) is 0.729. The Kier molecular flexibility index (Phi) is 4.82. The highest BCUT2D eigenvalue weighted by Gasteiger charge is 2.41. The van der Waals surface area contributed by atoms with E-state index in [0.29, 0.717) is 42.1 Å². The Balaban J connectivity index is 1.45. The van der Waals surface area contributed by atoms with Crippen LogP contribution in [0.2, 0.25) is 5.02 Å². The molecule has 2 aliphatic rings. The standard InChI is InChI=1S/C23H26ClN3O2/c1-22(2,3)16-6-4-15(5-7-16)21(29)27-12-10-23(11-13-27)25-19-9-8-17(24)14-18(19)20(28)26-23/h4-9,14,25H,10-13H2,1-3H3,(H,26,28). The van der Waals surface area contributed by atoms with E-state index in [9.17, 15) is 9.59 Å². The molecule has 0 aromatic heterocycles. The Hall–Kier alpha value is -2.53. The van der Waals surface area contributed by atoms with Gasteiger partial charge in [0.05, 0.1) is 5.56 Å². The molecule has 2 amide bonds. The van der Waals surface area contributed by atoms with Crippen LogP contribution >= 0.6 is 11.6 Å². The average molecular weight is 412 g/mol. The Bertz CT molecular complexity index is 955. The highest BCUT2D eigenvalue weighted by molar-refractivity contribution is 6.31. The van der Waals surface area contributed by atoms with Gasteiger partial charge in [0.1, 0.15) is 5.66 Å². The number of fused-ring (bicyclic) bond motifs is 1. The van der Waals surface area contributed by atoms with Gasteiger partial charge in [0.25, 0.3) is 11.8 Å². The first-order chi connectivity index (χ1) is 13.7. The molecule has 2 aromatic carbocycles. The maximum atomic E-state index is 12.9. The van der Waals surface area contributed by atoms with Gasteiger partial charge < -0.3 is 15.5 Å². The molecule has 2 N–H and O–H groups in total. The maximum absolute atomic E-state index is 12.9. The van der Waals surface area contributed by atoms with E-state index in [1.807, 2.05) is 35.2 Å². The number of amides is 2. The molecule has 0 atom stereocenters. The van der Waals surface area contributed by atoms with E-state index in [1.165, 1.54) is 5.56 Å². The maximum Gasteiger partial charge on any atom is 0.255 e. The van der Waals surface area contributed by atoms with Gasteiger partial charge in [-0.1, -0.05) is 44.5 Å². The van der Waals surface area contributed by atoms with E-state index in [0.717, 1.165) is 5.69 Å². The first-order valence-corrected chi connectivity index (χ1v) is 10.3. The molecule has 0 radical (unpaired) electrons. The fourth-order valence-corrected chi connectivity index (χ4v) is 4.20. The molecular weight excluding hydrogens is 386 g/mol. The summed E-state index contributed by atoms with van der Waals surface area (Å²) < 4.78 is 0. The van der Waals surface area contributed by atoms with Gasteiger partial charge in [0, 0.05) is 42.2 Å². The van der Waals surface area contributed by atoms with Gasteiger partial charge in [-0.05, 0) is 41.3 Å². The minimum Gasteiger partial charge on any atom is -0.362 e. The Morgan fingerprint density at radius 1 is 1.03 bits per heavy atom. The summed E-state index contributed by atoms with van der Waals surface area (Å²) in [5.74, 6) is -0.0894. The summed E-state index contributed by atoms with van der Waals surface area (Å²) >= 11 is 6.01. The van der Waals surface area contributed by atoms with Crippen molar-refractivity contribution in [2.45, 2.75) is 44.7 Å². The van der Waals surface area contributed by atoms with Crippen LogP contribution in [0.5, 0.6) is 0 Å². The lowest BCUT2D eigenvalue weighted by Crippen LogP contribution is -2.62. The minimum atomic E-state index is -0.523. The summed E-state index contributed by atoms with van der Waals surface area (Å²) in [7, 11) is 0. The number of rotatable bonds is 1. The molecular formula is C23H26ClN3O2. The lowest BCUT2D eigenvalue weighted by atomic mass is 9.86. The van der Waals surface area contributed by atoms with Crippen molar-refractivity contribution in [1.29, 1.82) is 0 Å². The van der Waals surface area contributed by atoms with Crippen molar-refractivity contribution in [1.82, 2.24) is 10.2 Å². The third-order valence-corrected chi connectivity index (χ3v) is 6.09. The van der Waals surface area contributed by atoms with Crippen molar-refractivity contribution < 1.29 is 9.59 Å². The molecule has 152 valence electrons. The predicted molar refractivity (Wildman–Crippen MR) is 116 cm³/mol. The van der Waals surface area contributed by atoms with Crippen LogP contribution in [0.4, 0.5) is 5.69 Å². The molecule has 29 heavy (non-hydrogen) atoms. The number of hydrogen-bond acceptors (Lipinski definition) is 3. The lowest BCUT2D eigenvalue weighted by molar-refractivity contribution is 0.0639. The smallest absolute Gasteiger partial charge is 0.255 e. The van der Waals surface area contributed by atoms with Crippen molar-refractivity contribution in [3.63, 3.8) is 0 Å². The molecule has 0 unspecified atom stereocenters. The van der Waals surface area contributed by atoms with Crippen molar-refractivity contribution >= 4 is 29.1 Å². The van der Waals surface area contributed by atoms with E-state index in [-0.39, 0.29) is 17.2 Å². The highest BCUT2D eigenvalue weighted by atomic mass is 35.5. The van der Waals surface area contributed by atoms with Gasteiger partial charge in [0.2, 0.25) is 0 Å². The number of anilines is 1. The summed E-state index contributed by atoms with van der Waals surface area (Å²) in [6, 6.07) is 13.2. The number of likely N-dealkylation sites (tertiary alicyclic amines) is 1. The number of nitrogens with one attached hydrogen (secondary N) is 2. The summed E-state index contributed by atoms with van der Waals surface area (Å²) in [6.07, 6.45) is 1.29. The third-order valence-electron chi connectivity index (χ3n) is 5.86. The molecule has 1 saturated heterocycles. The van der Waals surface area contributed by atoms with E-state index in [2.05, 4.69) is 31.4 Å². The molecule has 6 heteroatoms. The number of carbonyl (C=O) groups excluding carboxylic acids is 2. The number of hydrogen-bond donors (Lipinski definition) is 2. The normalized spacial score (nSPS) is 18.1. The Morgan fingerprint density at radius 3 is 2.31 bits per heavy atom. The van der Waals surface area contributed by atoms with Gasteiger partial charge >= 0.3 is 0 Å². The number of carbonyl (C=O) groups is 2. The number of halogens is 1. The fourth-order valence-electron chi connectivity index (χ4n) is 4.02. The number of nitrogens with zero attached hydrogens (tertiary/aromatic N) is 1. The molecule has 0 bridgehead atoms. The second-order valence-corrected chi connectivity index (χ2v) is 9.41. The molecule has 1 fully saturated rings. The van der Waals surface area contributed by atoms with Crippen LogP contribution < -0.4 is 10.6 Å². The summed E-state index contributed by atoms with van der Waals surface area (Å²) in [5.41, 5.74) is 2.79. The Labute approximate surface area is 176 Å². The first kappa shape index (κ1) is 19.8. The number of piperidine rings is 1. The minimum absolute atomic E-state index is 0.0367. The molecule has 4 rings (SSSR count). The molecule has 0 saturated carbocycles. The number of benzene rings is 2. The van der Waals surface area contributed by atoms with E-state index in [1.54, 1.807) is 12.1 Å². The zero-order valence-corrected chi connectivity index (χ0v) is 17.8. The summed E-state index contributed by atoms with van der Waals surface area (Å²) in [5, 5.41) is 7.09. The lowest BCUT2D eigenvalue weighted by Gasteiger charge is -2.46. The molecule has 0 aliphatic carbocycles. The largest absolute Gasteiger partial charge is 0.362 e. The summed E-state index contributed by atoms with van der Waals surface area (Å²) in [6.45, 7) is 7.63. The van der Waals surface area contributed by atoms with Gasteiger partial charge in [-0.3, -0.25) is 9.59 Å². The van der Waals surface area contributed by atoms with Crippen LogP contribution in [0.25, 0.3) is 0 Å². The van der Waals surface area contributed by atoms with Crippen LogP contribution in [-0.4, -0.2) is 35.5 Å². The molecule has 2 aliphatic heterocycles. The highest BCUT2D eigenvalue weighted by Crippen LogP contribution is 2.33. The summed E-state index contributed by atoms with van der Waals surface area (Å²) in [4.78, 5) is 27.4. The topological polar surface area (TPSA) is 61.4 Å². The van der Waals surface area contributed by atoms with Gasteiger partial charge in [-0.2, -0.15) is 0 Å². The monoisotopic (exact) mass is 411 g/mol. The molecule has 2 aromatic rings. The SMILES string of the molecule is CC(C)(C)c1ccc(C(=O)N2CCC3(CC2)NC(=O)c2cc(Cl)ccc2N3)cc1. The van der Waals surface area contributed by atoms with Crippen LogP contribution in [0.1, 0.15) is 59.9 Å². The van der Waals surface area contributed by atoms with Crippen LogP contribution in [0.3, 0.4) is 0 Å². The van der Waals surface area contributed by atoms with E-state index >= 15 is 0 Å². The second kappa shape index (κ2) is 7.06. The van der Waals surface area contributed by atoms with Gasteiger partial charge in [0.15, 0.2) is 0 Å². The van der Waals surface area contributed by atoms with Gasteiger partial charge in [-0.15, -0.1) is 0 Å². The zero-order chi connectivity index (χ0) is 20.8. The van der Waals surface area contributed by atoms with Crippen molar-refractivity contribution in [2.24, 2.45) is 0 Å².